The van der Waals surface area contributed by atoms with Crippen LogP contribution >= 0.6 is 11.3 Å². The fourth-order valence-electron chi connectivity index (χ4n) is 2.36. The zero-order chi connectivity index (χ0) is 14.7. The Morgan fingerprint density at radius 2 is 2.43 bits per heavy atom. The van der Waals surface area contributed by atoms with Crippen LogP contribution in [0.25, 0.3) is 0 Å². The van der Waals surface area contributed by atoms with E-state index in [0.717, 1.165) is 24.4 Å². The van der Waals surface area contributed by atoms with Crippen molar-refractivity contribution in [3.05, 3.63) is 34.7 Å². The summed E-state index contributed by atoms with van der Waals surface area (Å²) in [4.78, 5) is 26.4. The van der Waals surface area contributed by atoms with Gasteiger partial charge in [-0.15, -0.1) is 11.3 Å². The summed E-state index contributed by atoms with van der Waals surface area (Å²) in [6, 6.07) is 1.73. The molecule has 1 aliphatic rings. The Bertz CT molecular complexity index is 616. The molecule has 0 aromatic carbocycles. The van der Waals surface area contributed by atoms with Crippen molar-refractivity contribution in [1.29, 1.82) is 0 Å². The van der Waals surface area contributed by atoms with Gasteiger partial charge in [-0.2, -0.15) is 0 Å². The zero-order valence-electron chi connectivity index (χ0n) is 11.7. The third-order valence-corrected chi connectivity index (χ3v) is 4.12. The minimum Gasteiger partial charge on any atom is -0.472 e. The maximum atomic E-state index is 12.4. The highest BCUT2D eigenvalue weighted by Crippen LogP contribution is 2.18. The molecule has 7 heteroatoms. The number of amides is 1. The molecule has 2 aromatic rings. The molecular weight excluding hydrogens is 288 g/mol. The van der Waals surface area contributed by atoms with Gasteiger partial charge in [0.2, 0.25) is 5.88 Å². The van der Waals surface area contributed by atoms with E-state index in [0.29, 0.717) is 18.1 Å². The number of hydrogen-bond acceptors (Lipinski definition) is 6. The van der Waals surface area contributed by atoms with Gasteiger partial charge >= 0.3 is 0 Å². The Morgan fingerprint density at radius 3 is 3.14 bits per heavy atom. The van der Waals surface area contributed by atoms with E-state index in [1.165, 1.54) is 17.7 Å². The van der Waals surface area contributed by atoms with Crippen LogP contribution in [0.2, 0.25) is 0 Å². The van der Waals surface area contributed by atoms with Crippen molar-refractivity contribution in [3.8, 4) is 5.88 Å². The summed E-state index contributed by atoms with van der Waals surface area (Å²) in [7, 11) is 0. The number of carbonyl (C=O) groups excluding carboxylic acids is 1. The van der Waals surface area contributed by atoms with E-state index in [4.69, 9.17) is 4.74 Å². The lowest BCUT2D eigenvalue weighted by atomic mass is 10.1. The molecule has 0 saturated carbocycles. The normalized spacial score (nSPS) is 18.5. The molecule has 0 bridgehead atoms. The van der Waals surface area contributed by atoms with Gasteiger partial charge in [-0.05, 0) is 19.8 Å². The number of thiazole rings is 1. The predicted molar refractivity (Wildman–Crippen MR) is 78.4 cm³/mol. The van der Waals surface area contributed by atoms with Crippen LogP contribution < -0.4 is 4.74 Å². The second-order valence-electron chi connectivity index (χ2n) is 4.93. The van der Waals surface area contributed by atoms with Gasteiger partial charge in [0.15, 0.2) is 0 Å². The van der Waals surface area contributed by atoms with Crippen LogP contribution in [0, 0.1) is 6.92 Å². The summed E-state index contributed by atoms with van der Waals surface area (Å²) >= 11 is 1.49. The van der Waals surface area contributed by atoms with Crippen molar-refractivity contribution in [2.75, 3.05) is 13.1 Å². The second-order valence-corrected chi connectivity index (χ2v) is 5.99. The molecule has 1 unspecified atom stereocenters. The standard InChI is InChI=1S/C14H16N4O2S/c1-10-17-12(8-21-10)14(19)18-6-2-3-11(7-18)20-13-4-5-15-9-16-13/h4-5,8-9,11H,2-3,6-7H2,1H3. The summed E-state index contributed by atoms with van der Waals surface area (Å²) in [6.45, 7) is 3.22. The van der Waals surface area contributed by atoms with E-state index < -0.39 is 0 Å². The Hall–Kier alpha value is -2.02. The van der Waals surface area contributed by atoms with Gasteiger partial charge in [-0.3, -0.25) is 4.79 Å². The number of hydrogen-bond donors (Lipinski definition) is 0. The summed E-state index contributed by atoms with van der Waals surface area (Å²) in [6.07, 6.45) is 4.91. The molecule has 2 aromatic heterocycles. The van der Waals surface area contributed by atoms with Gasteiger partial charge in [0.25, 0.3) is 5.91 Å². The quantitative estimate of drug-likeness (QED) is 0.866. The number of piperidine rings is 1. The maximum absolute atomic E-state index is 12.4. The summed E-state index contributed by atoms with van der Waals surface area (Å²) in [5.74, 6) is 0.532. The average molecular weight is 304 g/mol. The Labute approximate surface area is 126 Å². The van der Waals surface area contributed by atoms with Gasteiger partial charge < -0.3 is 9.64 Å². The number of carbonyl (C=O) groups is 1. The molecule has 0 radical (unpaired) electrons. The second kappa shape index (κ2) is 6.17. The highest BCUT2D eigenvalue weighted by molar-refractivity contribution is 7.09. The molecular formula is C14H16N4O2S. The van der Waals surface area contributed by atoms with Crippen molar-refractivity contribution in [3.63, 3.8) is 0 Å². The lowest BCUT2D eigenvalue weighted by molar-refractivity contribution is 0.0523. The number of ether oxygens (including phenoxy) is 1. The van der Waals surface area contributed by atoms with Crippen molar-refractivity contribution in [1.82, 2.24) is 19.9 Å². The van der Waals surface area contributed by atoms with Gasteiger partial charge in [-0.25, -0.2) is 15.0 Å². The van der Waals surface area contributed by atoms with E-state index in [2.05, 4.69) is 15.0 Å². The topological polar surface area (TPSA) is 68.2 Å². The molecule has 21 heavy (non-hydrogen) atoms. The molecule has 1 amide bonds. The van der Waals surface area contributed by atoms with Gasteiger partial charge in [0.05, 0.1) is 11.6 Å². The Morgan fingerprint density at radius 1 is 1.52 bits per heavy atom. The molecule has 1 atom stereocenters. The van der Waals surface area contributed by atoms with E-state index in [9.17, 15) is 4.79 Å². The first kappa shape index (κ1) is 13.9. The summed E-state index contributed by atoms with van der Waals surface area (Å²) in [5, 5.41) is 2.72. The molecule has 0 aliphatic carbocycles. The predicted octanol–water partition coefficient (Wildman–Crippen LogP) is 1.93. The van der Waals surface area contributed by atoms with Crippen LogP contribution in [0.4, 0.5) is 0 Å². The lowest BCUT2D eigenvalue weighted by Gasteiger charge is -2.32. The van der Waals surface area contributed by atoms with E-state index >= 15 is 0 Å². The number of likely N-dealkylation sites (tertiary alicyclic amines) is 1. The number of nitrogens with zero attached hydrogens (tertiary/aromatic N) is 4. The third kappa shape index (κ3) is 3.36. The van der Waals surface area contributed by atoms with Crippen LogP contribution in [0.3, 0.4) is 0 Å². The van der Waals surface area contributed by atoms with Crippen molar-refractivity contribution >= 4 is 17.2 Å². The monoisotopic (exact) mass is 304 g/mol. The molecule has 1 saturated heterocycles. The minimum absolute atomic E-state index is 0.0182. The third-order valence-electron chi connectivity index (χ3n) is 3.35. The fraction of sp³-hybridized carbons (Fsp3) is 0.429. The number of aryl methyl sites for hydroxylation is 1. The lowest BCUT2D eigenvalue weighted by Crippen LogP contribution is -2.44. The van der Waals surface area contributed by atoms with Crippen molar-refractivity contribution < 1.29 is 9.53 Å². The van der Waals surface area contributed by atoms with Crippen molar-refractivity contribution in [2.24, 2.45) is 0 Å². The van der Waals surface area contributed by atoms with Crippen LogP contribution in [-0.4, -0.2) is 45.0 Å². The van der Waals surface area contributed by atoms with Gasteiger partial charge in [-0.1, -0.05) is 0 Å². The largest absolute Gasteiger partial charge is 0.472 e. The molecule has 0 spiro atoms. The molecule has 1 fully saturated rings. The number of aromatic nitrogens is 3. The molecule has 6 nitrogen and oxygen atoms in total. The van der Waals surface area contributed by atoms with Crippen LogP contribution in [-0.2, 0) is 0 Å². The van der Waals surface area contributed by atoms with Crippen LogP contribution in [0.5, 0.6) is 5.88 Å². The average Bonchev–Trinajstić information content (AvgIpc) is 2.94. The highest BCUT2D eigenvalue weighted by Gasteiger charge is 2.27. The SMILES string of the molecule is Cc1nc(C(=O)N2CCCC(Oc3ccncn3)C2)cs1. The van der Waals surface area contributed by atoms with Gasteiger partial charge in [0.1, 0.15) is 18.1 Å². The molecule has 1 aliphatic heterocycles. The number of rotatable bonds is 3. The Balaban J connectivity index is 1.64. The molecule has 110 valence electrons. The first-order chi connectivity index (χ1) is 10.2. The highest BCUT2D eigenvalue weighted by atomic mass is 32.1. The van der Waals surface area contributed by atoms with E-state index in [-0.39, 0.29) is 12.0 Å². The van der Waals surface area contributed by atoms with E-state index in [1.54, 1.807) is 12.3 Å². The zero-order valence-corrected chi connectivity index (χ0v) is 12.5. The van der Waals surface area contributed by atoms with E-state index in [1.807, 2.05) is 17.2 Å². The Kier molecular flexibility index (Phi) is 4.10. The van der Waals surface area contributed by atoms with Crippen molar-refractivity contribution in [2.45, 2.75) is 25.9 Å². The summed E-state index contributed by atoms with van der Waals surface area (Å²) in [5.41, 5.74) is 0.528. The smallest absolute Gasteiger partial charge is 0.273 e. The summed E-state index contributed by atoms with van der Waals surface area (Å²) < 4.78 is 5.81. The first-order valence-corrected chi connectivity index (χ1v) is 7.74. The molecule has 0 N–H and O–H groups in total. The maximum Gasteiger partial charge on any atom is 0.273 e. The molecule has 3 heterocycles. The first-order valence-electron chi connectivity index (χ1n) is 6.86. The van der Waals surface area contributed by atoms with Gasteiger partial charge in [0, 0.05) is 24.2 Å². The fourth-order valence-corrected chi connectivity index (χ4v) is 2.95. The van der Waals surface area contributed by atoms with Crippen LogP contribution in [0.15, 0.2) is 24.0 Å². The minimum atomic E-state index is -0.0302. The van der Waals surface area contributed by atoms with Crippen LogP contribution in [0.1, 0.15) is 28.3 Å². The molecule has 3 rings (SSSR count).